The maximum absolute atomic E-state index is 11.5. The Balaban J connectivity index is 3.08. The molecular formula is C8H12N4O4. The minimum absolute atomic E-state index is 0.0333. The molecule has 0 saturated carbocycles. The molecule has 0 radical (unpaired) electrons. The molecular weight excluding hydrogens is 216 g/mol. The van der Waals surface area contributed by atoms with E-state index in [1.165, 1.54) is 18.7 Å². The first kappa shape index (κ1) is 12.1. The van der Waals surface area contributed by atoms with Gasteiger partial charge in [-0.2, -0.15) is 5.10 Å². The van der Waals surface area contributed by atoms with Gasteiger partial charge in [0.1, 0.15) is 5.69 Å². The van der Waals surface area contributed by atoms with Gasteiger partial charge in [-0.15, -0.1) is 0 Å². The zero-order valence-corrected chi connectivity index (χ0v) is 8.93. The third-order valence-electron chi connectivity index (χ3n) is 2.10. The number of aromatic nitrogens is 2. The van der Waals surface area contributed by atoms with E-state index >= 15 is 0 Å². The molecule has 0 spiro atoms. The fourth-order valence-electron chi connectivity index (χ4n) is 1.22. The zero-order chi connectivity index (χ0) is 12.3. The van der Waals surface area contributed by atoms with E-state index < -0.39 is 10.8 Å². The number of nitro groups is 1. The number of nitrogens with one attached hydrogen (secondary N) is 1. The Morgan fingerprint density at radius 1 is 1.69 bits per heavy atom. The maximum Gasteiger partial charge on any atom is 0.322 e. The quantitative estimate of drug-likeness (QED) is 0.526. The number of hydrogen-bond donors (Lipinski definition) is 2. The molecule has 16 heavy (non-hydrogen) atoms. The van der Waals surface area contributed by atoms with Crippen LogP contribution in [0.5, 0.6) is 0 Å². The molecule has 0 aliphatic rings. The summed E-state index contributed by atoms with van der Waals surface area (Å²) in [6.07, 6.45) is 0. The Kier molecular flexibility index (Phi) is 3.56. The molecule has 0 atom stereocenters. The standard InChI is InChI=1S/C8H12N4O4/c1-5-7(12(15)16)6(10-11(5)2)8(14)9-3-4-13/h13H,3-4H2,1-2H3,(H,9,14). The molecule has 1 heterocycles. The average molecular weight is 228 g/mol. The largest absolute Gasteiger partial charge is 0.395 e. The molecule has 1 aromatic rings. The second kappa shape index (κ2) is 4.71. The first-order chi connectivity index (χ1) is 7.49. The molecule has 88 valence electrons. The minimum Gasteiger partial charge on any atom is -0.395 e. The summed E-state index contributed by atoms with van der Waals surface area (Å²) >= 11 is 0. The molecule has 1 rings (SSSR count). The monoisotopic (exact) mass is 228 g/mol. The normalized spacial score (nSPS) is 10.2. The third-order valence-corrected chi connectivity index (χ3v) is 2.10. The van der Waals surface area contributed by atoms with Gasteiger partial charge >= 0.3 is 5.69 Å². The number of aliphatic hydroxyl groups is 1. The summed E-state index contributed by atoms with van der Waals surface area (Å²) in [7, 11) is 1.52. The number of carbonyl (C=O) groups excluding carboxylic acids is 1. The van der Waals surface area contributed by atoms with Crippen molar-refractivity contribution in [1.29, 1.82) is 0 Å². The fraction of sp³-hybridized carbons (Fsp3) is 0.500. The Bertz CT molecular complexity index is 426. The number of rotatable bonds is 4. The van der Waals surface area contributed by atoms with Gasteiger partial charge in [-0.05, 0) is 6.92 Å². The molecule has 2 N–H and O–H groups in total. The van der Waals surface area contributed by atoms with Crippen molar-refractivity contribution in [3.8, 4) is 0 Å². The number of amides is 1. The molecule has 1 amide bonds. The lowest BCUT2D eigenvalue weighted by Gasteiger charge is -1.98. The SMILES string of the molecule is Cc1c([N+](=O)[O-])c(C(=O)NCCO)nn1C. The van der Waals surface area contributed by atoms with Gasteiger partial charge in [0, 0.05) is 13.6 Å². The van der Waals surface area contributed by atoms with Crippen molar-refractivity contribution in [1.82, 2.24) is 15.1 Å². The van der Waals surface area contributed by atoms with Gasteiger partial charge in [-0.3, -0.25) is 19.6 Å². The molecule has 0 aliphatic carbocycles. The summed E-state index contributed by atoms with van der Waals surface area (Å²) < 4.78 is 1.27. The molecule has 1 aromatic heterocycles. The molecule has 8 heteroatoms. The Morgan fingerprint density at radius 2 is 2.31 bits per heavy atom. The highest BCUT2D eigenvalue weighted by molar-refractivity contribution is 5.96. The second-order valence-corrected chi connectivity index (χ2v) is 3.14. The van der Waals surface area contributed by atoms with Gasteiger partial charge < -0.3 is 10.4 Å². The predicted molar refractivity (Wildman–Crippen MR) is 54.0 cm³/mol. The van der Waals surface area contributed by atoms with Gasteiger partial charge in [0.05, 0.1) is 11.5 Å². The second-order valence-electron chi connectivity index (χ2n) is 3.14. The summed E-state index contributed by atoms with van der Waals surface area (Å²) in [6, 6.07) is 0. The maximum atomic E-state index is 11.5. The molecule has 0 aliphatic heterocycles. The molecule has 0 aromatic carbocycles. The van der Waals surface area contributed by atoms with Crippen LogP contribution in [0.1, 0.15) is 16.2 Å². The molecule has 0 fully saturated rings. The number of nitrogens with zero attached hydrogens (tertiary/aromatic N) is 3. The highest BCUT2D eigenvalue weighted by atomic mass is 16.6. The Hall–Kier alpha value is -1.96. The van der Waals surface area contributed by atoms with Gasteiger partial charge in [0.25, 0.3) is 5.91 Å². The first-order valence-corrected chi connectivity index (χ1v) is 4.56. The molecule has 0 saturated heterocycles. The smallest absolute Gasteiger partial charge is 0.322 e. The molecule has 0 bridgehead atoms. The Morgan fingerprint density at radius 3 is 2.81 bits per heavy atom. The van der Waals surface area contributed by atoms with Crippen LogP contribution >= 0.6 is 0 Å². The highest BCUT2D eigenvalue weighted by Gasteiger charge is 2.28. The summed E-state index contributed by atoms with van der Waals surface area (Å²) in [5.74, 6) is -0.663. The lowest BCUT2D eigenvalue weighted by Crippen LogP contribution is -2.27. The number of carbonyl (C=O) groups is 1. The highest BCUT2D eigenvalue weighted by Crippen LogP contribution is 2.21. The van der Waals surface area contributed by atoms with Crippen LogP contribution in [0, 0.1) is 17.0 Å². The third kappa shape index (κ3) is 2.16. The summed E-state index contributed by atoms with van der Waals surface area (Å²) in [4.78, 5) is 21.6. The van der Waals surface area contributed by atoms with Crippen molar-refractivity contribution in [2.75, 3.05) is 13.2 Å². The van der Waals surface area contributed by atoms with Crippen molar-refractivity contribution in [2.45, 2.75) is 6.92 Å². The number of aliphatic hydroxyl groups excluding tert-OH is 1. The molecule has 0 unspecified atom stereocenters. The average Bonchev–Trinajstić information content (AvgIpc) is 2.52. The predicted octanol–water partition coefficient (Wildman–Crippen LogP) is -0.641. The van der Waals surface area contributed by atoms with Crippen LogP contribution in [-0.4, -0.2) is 38.9 Å². The fourth-order valence-corrected chi connectivity index (χ4v) is 1.22. The van der Waals surface area contributed by atoms with E-state index in [0.29, 0.717) is 5.69 Å². The van der Waals surface area contributed by atoms with Crippen LogP contribution in [0.2, 0.25) is 0 Å². The summed E-state index contributed by atoms with van der Waals surface area (Å²) in [6.45, 7) is 1.31. The van der Waals surface area contributed by atoms with E-state index in [2.05, 4.69) is 10.4 Å². The minimum atomic E-state index is -0.663. The van der Waals surface area contributed by atoms with Gasteiger partial charge in [-0.25, -0.2) is 0 Å². The van der Waals surface area contributed by atoms with Crippen LogP contribution in [-0.2, 0) is 7.05 Å². The number of aryl methyl sites for hydroxylation is 1. The van der Waals surface area contributed by atoms with E-state index in [1.807, 2.05) is 0 Å². The van der Waals surface area contributed by atoms with Crippen molar-refractivity contribution >= 4 is 11.6 Å². The van der Waals surface area contributed by atoms with E-state index in [9.17, 15) is 14.9 Å². The topological polar surface area (TPSA) is 110 Å². The summed E-state index contributed by atoms with van der Waals surface area (Å²) in [5, 5.41) is 25.4. The Labute approximate surface area is 91.0 Å². The van der Waals surface area contributed by atoms with Crippen LogP contribution < -0.4 is 5.32 Å². The van der Waals surface area contributed by atoms with Crippen molar-refractivity contribution in [2.24, 2.45) is 7.05 Å². The van der Waals surface area contributed by atoms with Crippen LogP contribution in [0.3, 0.4) is 0 Å². The van der Waals surface area contributed by atoms with E-state index in [4.69, 9.17) is 5.11 Å². The summed E-state index contributed by atoms with van der Waals surface area (Å²) in [5.41, 5.74) is -0.240. The van der Waals surface area contributed by atoms with Crippen molar-refractivity contribution in [3.05, 3.63) is 21.5 Å². The van der Waals surface area contributed by atoms with Crippen LogP contribution in [0.4, 0.5) is 5.69 Å². The lowest BCUT2D eigenvalue weighted by atomic mass is 10.3. The lowest BCUT2D eigenvalue weighted by molar-refractivity contribution is -0.385. The van der Waals surface area contributed by atoms with Crippen LogP contribution in [0.15, 0.2) is 0 Å². The van der Waals surface area contributed by atoms with E-state index in [1.54, 1.807) is 0 Å². The van der Waals surface area contributed by atoms with Gasteiger partial charge in [0.15, 0.2) is 0 Å². The molecule has 8 nitrogen and oxygen atoms in total. The van der Waals surface area contributed by atoms with Crippen molar-refractivity contribution in [3.63, 3.8) is 0 Å². The van der Waals surface area contributed by atoms with E-state index in [0.717, 1.165) is 0 Å². The number of hydrogen-bond acceptors (Lipinski definition) is 5. The van der Waals surface area contributed by atoms with Crippen LogP contribution in [0.25, 0.3) is 0 Å². The van der Waals surface area contributed by atoms with Gasteiger partial charge in [0.2, 0.25) is 5.69 Å². The zero-order valence-electron chi connectivity index (χ0n) is 8.93. The first-order valence-electron chi connectivity index (χ1n) is 4.56. The van der Waals surface area contributed by atoms with Gasteiger partial charge in [-0.1, -0.05) is 0 Å². The van der Waals surface area contributed by atoms with E-state index in [-0.39, 0.29) is 24.5 Å². The van der Waals surface area contributed by atoms with Crippen molar-refractivity contribution < 1.29 is 14.8 Å².